The molecule has 0 saturated heterocycles. The normalized spacial score (nSPS) is 15.3. The molecule has 1 atom stereocenters. The molecule has 2 N–H and O–H groups in total. The minimum Gasteiger partial charge on any atom is -0.505 e. The number of aromatic nitrogens is 2. The van der Waals surface area contributed by atoms with E-state index in [2.05, 4.69) is 26.3 Å². The molecule has 0 radical (unpaired) electrons. The van der Waals surface area contributed by atoms with E-state index >= 15 is 0 Å². The molecule has 4 rings (SSSR count). The lowest BCUT2D eigenvalue weighted by Gasteiger charge is -2.26. The van der Waals surface area contributed by atoms with Gasteiger partial charge in [0.2, 0.25) is 0 Å². The number of nitrogens with zero attached hydrogens (tertiary/aromatic N) is 2. The molecule has 2 heterocycles. The molecule has 0 saturated carbocycles. The molecule has 1 aliphatic rings. The number of fused-ring (bicyclic) bond motifs is 1. The number of ether oxygens (including phenoxy) is 1. The standard InChI is InChI=1S/C20H15BrClN3O4/c21-11-1-4-13(5-2-11)25-18(27)10-16(26)19(24-25)20(28)23-15-7-8-29-17-6-3-12(22)9-14(15)17/h1-6,9-10,15,26H,7-8H2,(H,23,28). The minimum atomic E-state index is -0.605. The Kier molecular flexibility index (Phi) is 5.29. The molecule has 1 aromatic heterocycles. The van der Waals surface area contributed by atoms with E-state index in [0.29, 0.717) is 29.5 Å². The van der Waals surface area contributed by atoms with Crippen LogP contribution in [0.1, 0.15) is 28.5 Å². The van der Waals surface area contributed by atoms with Crippen molar-refractivity contribution in [1.82, 2.24) is 15.1 Å². The summed E-state index contributed by atoms with van der Waals surface area (Å²) in [4.78, 5) is 25.1. The van der Waals surface area contributed by atoms with Crippen LogP contribution in [0.4, 0.5) is 0 Å². The summed E-state index contributed by atoms with van der Waals surface area (Å²) in [6.45, 7) is 0.428. The number of halogens is 2. The molecule has 7 nitrogen and oxygen atoms in total. The van der Waals surface area contributed by atoms with E-state index in [1.807, 2.05) is 0 Å². The topological polar surface area (TPSA) is 93.5 Å². The summed E-state index contributed by atoms with van der Waals surface area (Å²) in [5.41, 5.74) is 0.417. The monoisotopic (exact) mass is 475 g/mol. The molecule has 2 aromatic carbocycles. The number of aromatic hydroxyl groups is 1. The quantitative estimate of drug-likeness (QED) is 0.602. The molecule has 9 heteroatoms. The van der Waals surface area contributed by atoms with Crippen molar-refractivity contribution in [3.63, 3.8) is 0 Å². The van der Waals surface area contributed by atoms with Gasteiger partial charge in [-0.05, 0) is 42.5 Å². The third-order valence-corrected chi connectivity index (χ3v) is 5.28. The first-order valence-electron chi connectivity index (χ1n) is 8.75. The molecular weight excluding hydrogens is 462 g/mol. The van der Waals surface area contributed by atoms with E-state index in [9.17, 15) is 14.7 Å². The van der Waals surface area contributed by atoms with Crippen molar-refractivity contribution in [2.75, 3.05) is 6.61 Å². The molecule has 0 aliphatic carbocycles. The highest BCUT2D eigenvalue weighted by molar-refractivity contribution is 9.10. The number of carbonyl (C=O) groups excluding carboxylic acids is 1. The van der Waals surface area contributed by atoms with Crippen LogP contribution < -0.4 is 15.6 Å². The summed E-state index contributed by atoms with van der Waals surface area (Å²) in [6.07, 6.45) is 0.534. The fourth-order valence-electron chi connectivity index (χ4n) is 3.12. The number of rotatable bonds is 3. The van der Waals surface area contributed by atoms with Crippen LogP contribution in [0.2, 0.25) is 5.02 Å². The largest absolute Gasteiger partial charge is 0.505 e. The van der Waals surface area contributed by atoms with Crippen LogP contribution in [0, 0.1) is 0 Å². The van der Waals surface area contributed by atoms with Crippen LogP contribution in [0.5, 0.6) is 11.5 Å². The zero-order valence-electron chi connectivity index (χ0n) is 14.9. The van der Waals surface area contributed by atoms with Crippen LogP contribution in [-0.4, -0.2) is 27.4 Å². The molecule has 1 amide bonds. The van der Waals surface area contributed by atoms with Gasteiger partial charge in [0.05, 0.1) is 18.3 Å². The average molecular weight is 477 g/mol. The van der Waals surface area contributed by atoms with E-state index in [1.54, 1.807) is 42.5 Å². The zero-order valence-corrected chi connectivity index (χ0v) is 17.3. The van der Waals surface area contributed by atoms with Gasteiger partial charge in [-0.2, -0.15) is 9.78 Å². The molecule has 3 aromatic rings. The van der Waals surface area contributed by atoms with Crippen LogP contribution in [0.3, 0.4) is 0 Å². The molecule has 29 heavy (non-hydrogen) atoms. The molecule has 0 spiro atoms. The smallest absolute Gasteiger partial charge is 0.276 e. The summed E-state index contributed by atoms with van der Waals surface area (Å²) >= 11 is 9.40. The molecular formula is C20H15BrClN3O4. The van der Waals surface area contributed by atoms with Gasteiger partial charge >= 0.3 is 0 Å². The van der Waals surface area contributed by atoms with Gasteiger partial charge in [0.25, 0.3) is 11.5 Å². The number of carbonyl (C=O) groups is 1. The fraction of sp³-hybridized carbons (Fsp3) is 0.150. The van der Waals surface area contributed by atoms with Crippen molar-refractivity contribution in [1.29, 1.82) is 0 Å². The number of nitrogens with one attached hydrogen (secondary N) is 1. The lowest BCUT2D eigenvalue weighted by Crippen LogP contribution is -2.34. The van der Waals surface area contributed by atoms with Crippen molar-refractivity contribution < 1.29 is 14.6 Å². The number of hydrogen-bond acceptors (Lipinski definition) is 5. The first kappa shape index (κ1) is 19.5. The molecule has 148 valence electrons. The van der Waals surface area contributed by atoms with E-state index in [0.717, 1.165) is 20.8 Å². The van der Waals surface area contributed by atoms with Crippen LogP contribution >= 0.6 is 27.5 Å². The van der Waals surface area contributed by atoms with Gasteiger partial charge < -0.3 is 15.2 Å². The maximum atomic E-state index is 12.8. The zero-order chi connectivity index (χ0) is 20.5. The molecule has 0 fully saturated rings. The van der Waals surface area contributed by atoms with Crippen molar-refractivity contribution >= 4 is 33.4 Å². The molecule has 1 aliphatic heterocycles. The first-order chi connectivity index (χ1) is 13.9. The third kappa shape index (κ3) is 3.99. The van der Waals surface area contributed by atoms with Gasteiger partial charge in [-0.1, -0.05) is 27.5 Å². The van der Waals surface area contributed by atoms with Crippen LogP contribution in [0.15, 0.2) is 57.8 Å². The molecule has 1 unspecified atom stereocenters. The Labute approximate surface area is 179 Å². The average Bonchev–Trinajstić information content (AvgIpc) is 2.69. The van der Waals surface area contributed by atoms with Crippen LogP contribution in [-0.2, 0) is 0 Å². The van der Waals surface area contributed by atoms with Crippen molar-refractivity contribution in [2.24, 2.45) is 0 Å². The molecule has 0 bridgehead atoms. The van der Waals surface area contributed by atoms with Crippen molar-refractivity contribution in [3.05, 3.63) is 79.6 Å². The van der Waals surface area contributed by atoms with Crippen LogP contribution in [0.25, 0.3) is 5.69 Å². The Hall–Kier alpha value is -2.84. The Morgan fingerprint density at radius 1 is 1.24 bits per heavy atom. The van der Waals surface area contributed by atoms with Gasteiger partial charge in [-0.25, -0.2) is 0 Å². The predicted octanol–water partition coefficient (Wildman–Crippen LogP) is 3.61. The summed E-state index contributed by atoms with van der Waals surface area (Å²) in [5, 5.41) is 17.6. The minimum absolute atomic E-state index is 0.248. The Morgan fingerprint density at radius 2 is 2.00 bits per heavy atom. The van der Waals surface area contributed by atoms with Gasteiger partial charge in [-0.15, -0.1) is 0 Å². The fourth-order valence-corrected chi connectivity index (χ4v) is 3.56. The van der Waals surface area contributed by atoms with E-state index < -0.39 is 17.2 Å². The summed E-state index contributed by atoms with van der Waals surface area (Å²) in [6, 6.07) is 12.7. The summed E-state index contributed by atoms with van der Waals surface area (Å²) < 4.78 is 7.50. The van der Waals surface area contributed by atoms with Crippen molar-refractivity contribution in [3.8, 4) is 17.2 Å². The van der Waals surface area contributed by atoms with E-state index in [4.69, 9.17) is 16.3 Å². The van der Waals surface area contributed by atoms with Gasteiger partial charge in [0.1, 0.15) is 5.75 Å². The van der Waals surface area contributed by atoms with Gasteiger partial charge in [-0.3, -0.25) is 9.59 Å². The predicted molar refractivity (Wildman–Crippen MR) is 111 cm³/mol. The highest BCUT2D eigenvalue weighted by atomic mass is 79.9. The lowest BCUT2D eigenvalue weighted by atomic mass is 10.0. The highest BCUT2D eigenvalue weighted by Gasteiger charge is 2.26. The number of amides is 1. The van der Waals surface area contributed by atoms with Crippen molar-refractivity contribution in [2.45, 2.75) is 12.5 Å². The summed E-state index contributed by atoms with van der Waals surface area (Å²) in [5.74, 6) is -0.451. The second kappa shape index (κ2) is 7.88. The highest BCUT2D eigenvalue weighted by Crippen LogP contribution is 2.34. The third-order valence-electron chi connectivity index (χ3n) is 4.51. The summed E-state index contributed by atoms with van der Waals surface area (Å²) in [7, 11) is 0. The number of hydrogen-bond donors (Lipinski definition) is 2. The number of benzene rings is 2. The SMILES string of the molecule is O=C(NC1CCOc2ccc(Cl)cc21)c1nn(-c2ccc(Br)cc2)c(=O)cc1O. The Morgan fingerprint density at radius 3 is 2.76 bits per heavy atom. The lowest BCUT2D eigenvalue weighted by molar-refractivity contribution is 0.0914. The second-order valence-electron chi connectivity index (χ2n) is 6.45. The van der Waals surface area contributed by atoms with E-state index in [1.165, 1.54) is 0 Å². The van der Waals surface area contributed by atoms with Gasteiger partial charge in [0.15, 0.2) is 11.4 Å². The first-order valence-corrected chi connectivity index (χ1v) is 9.92. The maximum absolute atomic E-state index is 12.8. The van der Waals surface area contributed by atoms with Gasteiger partial charge in [0, 0.05) is 27.5 Å². The Balaban J connectivity index is 1.66. The second-order valence-corrected chi connectivity index (χ2v) is 7.80. The Bertz CT molecular complexity index is 1150. The maximum Gasteiger partial charge on any atom is 0.276 e. The van der Waals surface area contributed by atoms with E-state index in [-0.39, 0.29) is 11.7 Å².